The second-order valence-corrected chi connectivity index (χ2v) is 4.79. The first kappa shape index (κ1) is 10.9. The maximum atomic E-state index is 6.37. The second-order valence-electron chi connectivity index (χ2n) is 4.35. The number of hydrogen-bond donors (Lipinski definition) is 1. The fraction of sp³-hybridized carbons (Fsp3) is 0.500. The average molecular weight is 226 g/mol. The largest absolute Gasteiger partial charge is 0.381 e. The summed E-state index contributed by atoms with van der Waals surface area (Å²) in [5, 5.41) is 0.739. The fourth-order valence-electron chi connectivity index (χ4n) is 2.07. The first-order chi connectivity index (χ1) is 7.10. The Morgan fingerprint density at radius 2 is 2.33 bits per heavy atom. The number of benzene rings is 1. The standard InChI is InChI=1S/C12H16ClNO/c1-12(14,10-5-6-15-8-10)9-3-2-4-11(13)7-9/h2-4,7,10H,5-6,8,14H2,1H3. The highest BCUT2D eigenvalue weighted by atomic mass is 35.5. The van der Waals surface area contributed by atoms with Gasteiger partial charge in [0.15, 0.2) is 0 Å². The van der Waals surface area contributed by atoms with E-state index in [9.17, 15) is 0 Å². The van der Waals surface area contributed by atoms with Crippen LogP contribution in [0.4, 0.5) is 0 Å². The van der Waals surface area contributed by atoms with E-state index in [4.69, 9.17) is 22.1 Å². The van der Waals surface area contributed by atoms with Crippen LogP contribution in [0.1, 0.15) is 18.9 Å². The molecule has 2 atom stereocenters. The van der Waals surface area contributed by atoms with E-state index in [1.807, 2.05) is 24.3 Å². The van der Waals surface area contributed by atoms with Crippen LogP contribution >= 0.6 is 11.6 Å². The van der Waals surface area contributed by atoms with Crippen LogP contribution in [0.3, 0.4) is 0 Å². The van der Waals surface area contributed by atoms with Crippen LogP contribution < -0.4 is 5.73 Å². The molecule has 1 aromatic carbocycles. The van der Waals surface area contributed by atoms with Gasteiger partial charge in [0.2, 0.25) is 0 Å². The Kier molecular flexibility index (Phi) is 3.01. The van der Waals surface area contributed by atoms with Crippen LogP contribution in [0.2, 0.25) is 5.02 Å². The van der Waals surface area contributed by atoms with Crippen LogP contribution in [0, 0.1) is 5.92 Å². The van der Waals surface area contributed by atoms with Gasteiger partial charge in [-0.05, 0) is 31.0 Å². The Morgan fingerprint density at radius 3 is 2.93 bits per heavy atom. The van der Waals surface area contributed by atoms with Gasteiger partial charge in [-0.1, -0.05) is 23.7 Å². The van der Waals surface area contributed by atoms with E-state index in [-0.39, 0.29) is 5.54 Å². The van der Waals surface area contributed by atoms with Crippen molar-refractivity contribution in [1.29, 1.82) is 0 Å². The lowest BCUT2D eigenvalue weighted by atomic mass is 9.80. The summed E-state index contributed by atoms with van der Waals surface area (Å²) >= 11 is 5.97. The van der Waals surface area contributed by atoms with Crippen LogP contribution in [0.25, 0.3) is 0 Å². The average Bonchev–Trinajstić information content (AvgIpc) is 2.71. The van der Waals surface area contributed by atoms with Crippen molar-refractivity contribution >= 4 is 11.6 Å². The lowest BCUT2D eigenvalue weighted by Gasteiger charge is -2.31. The predicted octanol–water partition coefficient (Wildman–Crippen LogP) is 2.55. The van der Waals surface area contributed by atoms with E-state index >= 15 is 0 Å². The molecule has 1 aliphatic heterocycles. The van der Waals surface area contributed by atoms with Gasteiger partial charge in [-0.2, -0.15) is 0 Å². The van der Waals surface area contributed by atoms with Crippen molar-refractivity contribution in [3.8, 4) is 0 Å². The monoisotopic (exact) mass is 225 g/mol. The molecular formula is C12H16ClNO. The molecule has 1 fully saturated rings. The molecule has 0 amide bonds. The molecule has 0 bridgehead atoms. The second kappa shape index (κ2) is 4.12. The van der Waals surface area contributed by atoms with Crippen molar-refractivity contribution < 1.29 is 4.74 Å². The molecule has 2 N–H and O–H groups in total. The summed E-state index contributed by atoms with van der Waals surface area (Å²) in [6, 6.07) is 7.79. The minimum Gasteiger partial charge on any atom is -0.381 e. The number of nitrogens with two attached hydrogens (primary N) is 1. The van der Waals surface area contributed by atoms with E-state index in [2.05, 4.69) is 6.92 Å². The molecule has 0 aromatic heterocycles. The molecule has 1 aromatic rings. The zero-order chi connectivity index (χ0) is 10.9. The minimum absolute atomic E-state index is 0.346. The number of rotatable bonds is 2. The van der Waals surface area contributed by atoms with E-state index < -0.39 is 0 Å². The summed E-state index contributed by atoms with van der Waals surface area (Å²) in [5.41, 5.74) is 7.12. The zero-order valence-corrected chi connectivity index (χ0v) is 9.63. The topological polar surface area (TPSA) is 35.2 Å². The molecule has 2 nitrogen and oxygen atoms in total. The van der Waals surface area contributed by atoms with Crippen molar-refractivity contribution in [1.82, 2.24) is 0 Å². The molecule has 0 saturated carbocycles. The molecule has 1 saturated heterocycles. The normalized spacial score (nSPS) is 25.1. The Bertz CT molecular complexity index is 345. The van der Waals surface area contributed by atoms with Crippen molar-refractivity contribution in [2.45, 2.75) is 18.9 Å². The highest BCUT2D eigenvalue weighted by molar-refractivity contribution is 6.30. The summed E-state index contributed by atoms with van der Waals surface area (Å²) in [6.45, 7) is 3.62. The lowest BCUT2D eigenvalue weighted by Crippen LogP contribution is -2.41. The van der Waals surface area contributed by atoms with Crippen molar-refractivity contribution in [2.75, 3.05) is 13.2 Å². The summed E-state index contributed by atoms with van der Waals surface area (Å²) in [7, 11) is 0. The minimum atomic E-state index is -0.346. The van der Waals surface area contributed by atoms with E-state index in [0.717, 1.165) is 30.2 Å². The van der Waals surface area contributed by atoms with E-state index in [0.29, 0.717) is 5.92 Å². The summed E-state index contributed by atoms with van der Waals surface area (Å²) < 4.78 is 5.38. The van der Waals surface area contributed by atoms with Gasteiger partial charge in [0.25, 0.3) is 0 Å². The van der Waals surface area contributed by atoms with Crippen molar-refractivity contribution in [3.63, 3.8) is 0 Å². The molecule has 0 aliphatic carbocycles. The third-order valence-corrected chi connectivity index (χ3v) is 3.46. The van der Waals surface area contributed by atoms with Gasteiger partial charge in [0.05, 0.1) is 6.61 Å². The predicted molar refractivity (Wildman–Crippen MR) is 61.9 cm³/mol. The number of ether oxygens (including phenoxy) is 1. The van der Waals surface area contributed by atoms with Gasteiger partial charge < -0.3 is 10.5 Å². The van der Waals surface area contributed by atoms with Gasteiger partial charge in [-0.15, -0.1) is 0 Å². The molecule has 2 rings (SSSR count). The van der Waals surface area contributed by atoms with Crippen LogP contribution in [-0.4, -0.2) is 13.2 Å². The fourth-order valence-corrected chi connectivity index (χ4v) is 2.26. The lowest BCUT2D eigenvalue weighted by molar-refractivity contribution is 0.166. The first-order valence-electron chi connectivity index (χ1n) is 5.23. The van der Waals surface area contributed by atoms with E-state index in [1.165, 1.54) is 0 Å². The Morgan fingerprint density at radius 1 is 1.53 bits per heavy atom. The van der Waals surface area contributed by atoms with Gasteiger partial charge in [-0.25, -0.2) is 0 Å². The Hall–Kier alpha value is -0.570. The molecule has 2 unspecified atom stereocenters. The third-order valence-electron chi connectivity index (χ3n) is 3.22. The van der Waals surface area contributed by atoms with Gasteiger partial charge in [-0.3, -0.25) is 0 Å². The summed E-state index contributed by atoms with van der Waals surface area (Å²) in [4.78, 5) is 0. The van der Waals surface area contributed by atoms with Crippen LogP contribution in [0.5, 0.6) is 0 Å². The molecule has 0 radical (unpaired) electrons. The van der Waals surface area contributed by atoms with E-state index in [1.54, 1.807) is 0 Å². The highest BCUT2D eigenvalue weighted by Gasteiger charge is 2.34. The molecule has 3 heteroatoms. The molecule has 1 aliphatic rings. The maximum Gasteiger partial charge on any atom is 0.0515 e. The summed E-state index contributed by atoms with van der Waals surface area (Å²) in [6.07, 6.45) is 1.03. The molecule has 82 valence electrons. The molecule has 1 heterocycles. The SMILES string of the molecule is CC(N)(c1cccc(Cl)c1)C1CCOC1. The number of hydrogen-bond acceptors (Lipinski definition) is 2. The highest BCUT2D eigenvalue weighted by Crippen LogP contribution is 2.33. The van der Waals surface area contributed by atoms with Crippen LogP contribution in [-0.2, 0) is 10.3 Å². The molecule has 15 heavy (non-hydrogen) atoms. The van der Waals surface area contributed by atoms with Crippen molar-refractivity contribution in [3.05, 3.63) is 34.9 Å². The molecular weight excluding hydrogens is 210 g/mol. The molecule has 0 spiro atoms. The Balaban J connectivity index is 2.27. The van der Waals surface area contributed by atoms with Crippen molar-refractivity contribution in [2.24, 2.45) is 11.7 Å². The quantitative estimate of drug-likeness (QED) is 0.840. The Labute approximate surface area is 95.4 Å². The van der Waals surface area contributed by atoms with Gasteiger partial charge in [0.1, 0.15) is 0 Å². The van der Waals surface area contributed by atoms with Crippen LogP contribution in [0.15, 0.2) is 24.3 Å². The van der Waals surface area contributed by atoms with Gasteiger partial charge >= 0.3 is 0 Å². The summed E-state index contributed by atoms with van der Waals surface area (Å²) in [5.74, 6) is 0.385. The first-order valence-corrected chi connectivity index (χ1v) is 5.61. The maximum absolute atomic E-state index is 6.37. The zero-order valence-electron chi connectivity index (χ0n) is 8.87. The number of halogens is 1. The third kappa shape index (κ3) is 2.17. The van der Waals surface area contributed by atoms with Gasteiger partial charge in [0, 0.05) is 23.1 Å². The smallest absolute Gasteiger partial charge is 0.0515 e.